The van der Waals surface area contributed by atoms with E-state index in [1.807, 2.05) is 11.0 Å². The third-order valence-electron chi connectivity index (χ3n) is 5.02. The molecule has 0 spiro atoms. The quantitative estimate of drug-likeness (QED) is 0.919. The smallest absolute Gasteiger partial charge is 0.317 e. The number of hydrogen-bond acceptors (Lipinski definition) is 2. The number of hydrogen-bond donors (Lipinski definition) is 1. The molecule has 0 atom stereocenters. The van der Waals surface area contributed by atoms with Gasteiger partial charge in [-0.3, -0.25) is 0 Å². The lowest BCUT2D eigenvalue weighted by atomic mass is 10.1. The molecule has 1 aromatic rings. The maximum absolute atomic E-state index is 12.3. The molecular formula is C19H28N2O2. The summed E-state index contributed by atoms with van der Waals surface area (Å²) in [5.41, 5.74) is 1.30. The van der Waals surface area contributed by atoms with Gasteiger partial charge < -0.3 is 15.0 Å². The lowest BCUT2D eigenvalue weighted by molar-refractivity contribution is 0.110. The van der Waals surface area contributed by atoms with E-state index in [0.29, 0.717) is 6.04 Å². The second-order valence-electron chi connectivity index (χ2n) is 6.74. The van der Waals surface area contributed by atoms with Crippen LogP contribution in [-0.4, -0.2) is 36.2 Å². The molecule has 1 aliphatic heterocycles. The predicted molar refractivity (Wildman–Crippen MR) is 91.8 cm³/mol. The molecule has 2 amide bonds. The number of amides is 2. The van der Waals surface area contributed by atoms with Gasteiger partial charge in [-0.2, -0.15) is 0 Å². The molecule has 1 saturated heterocycles. The zero-order valence-corrected chi connectivity index (χ0v) is 14.1. The highest BCUT2D eigenvalue weighted by Crippen LogP contribution is 2.21. The Kier molecular flexibility index (Phi) is 5.42. The average Bonchev–Trinajstić information content (AvgIpc) is 3.08. The van der Waals surface area contributed by atoms with Gasteiger partial charge in [-0.05, 0) is 37.0 Å². The lowest BCUT2D eigenvalue weighted by Crippen LogP contribution is -2.48. The Labute approximate surface area is 139 Å². The van der Waals surface area contributed by atoms with Gasteiger partial charge in [0.25, 0.3) is 0 Å². The number of ether oxygens (including phenoxy) is 1. The van der Waals surface area contributed by atoms with Crippen LogP contribution in [0.3, 0.4) is 0 Å². The molecule has 1 heterocycles. The summed E-state index contributed by atoms with van der Waals surface area (Å²) in [6, 6.07) is 8.84. The predicted octanol–water partition coefficient (Wildman–Crippen LogP) is 3.74. The van der Waals surface area contributed by atoms with E-state index in [9.17, 15) is 4.79 Å². The van der Waals surface area contributed by atoms with Crippen LogP contribution in [0.15, 0.2) is 24.3 Å². The van der Waals surface area contributed by atoms with Crippen LogP contribution in [0.5, 0.6) is 5.75 Å². The highest BCUT2D eigenvalue weighted by Gasteiger charge is 2.26. The topological polar surface area (TPSA) is 41.6 Å². The molecule has 0 aromatic heterocycles. The fourth-order valence-electron chi connectivity index (χ4n) is 3.54. The normalized spacial score (nSPS) is 19.8. The molecule has 126 valence electrons. The SMILES string of the molecule is CCc1cccc(OC2CCN(C(=O)NC3CCCC3)CC2)c1. The summed E-state index contributed by atoms with van der Waals surface area (Å²) < 4.78 is 6.10. The molecule has 2 fully saturated rings. The van der Waals surface area contributed by atoms with Crippen LogP contribution in [0.25, 0.3) is 0 Å². The number of likely N-dealkylation sites (tertiary alicyclic amines) is 1. The molecule has 0 radical (unpaired) electrons. The van der Waals surface area contributed by atoms with Crippen molar-refractivity contribution in [2.24, 2.45) is 0 Å². The fourth-order valence-corrected chi connectivity index (χ4v) is 3.54. The zero-order chi connectivity index (χ0) is 16.1. The standard InChI is InChI=1S/C19H28N2O2/c1-2-15-6-5-9-18(14-15)23-17-10-12-21(13-11-17)19(22)20-16-7-3-4-8-16/h5-6,9,14,16-17H,2-4,7-8,10-13H2,1H3,(H,20,22). The number of nitrogens with zero attached hydrogens (tertiary/aromatic N) is 1. The van der Waals surface area contributed by atoms with Gasteiger partial charge in [0.2, 0.25) is 0 Å². The van der Waals surface area contributed by atoms with Crippen molar-refractivity contribution in [3.63, 3.8) is 0 Å². The maximum atomic E-state index is 12.3. The van der Waals surface area contributed by atoms with Crippen LogP contribution in [0, 0.1) is 0 Å². The molecule has 23 heavy (non-hydrogen) atoms. The van der Waals surface area contributed by atoms with Crippen LogP contribution in [0.1, 0.15) is 51.0 Å². The minimum Gasteiger partial charge on any atom is -0.490 e. The number of carbonyl (C=O) groups excluding carboxylic acids is 1. The maximum Gasteiger partial charge on any atom is 0.317 e. The molecule has 1 aliphatic carbocycles. The van der Waals surface area contributed by atoms with E-state index in [-0.39, 0.29) is 12.1 Å². The first-order valence-corrected chi connectivity index (χ1v) is 9.05. The Bertz CT molecular complexity index is 518. The highest BCUT2D eigenvalue weighted by atomic mass is 16.5. The van der Waals surface area contributed by atoms with Gasteiger partial charge in [-0.25, -0.2) is 4.79 Å². The molecule has 0 bridgehead atoms. The van der Waals surface area contributed by atoms with Gasteiger partial charge in [0.05, 0.1) is 0 Å². The monoisotopic (exact) mass is 316 g/mol. The summed E-state index contributed by atoms with van der Waals surface area (Å²) in [6.45, 7) is 3.73. The zero-order valence-electron chi connectivity index (χ0n) is 14.1. The molecule has 4 heteroatoms. The lowest BCUT2D eigenvalue weighted by Gasteiger charge is -2.33. The van der Waals surface area contributed by atoms with Crippen LogP contribution in [0.4, 0.5) is 4.79 Å². The van der Waals surface area contributed by atoms with Crippen LogP contribution >= 0.6 is 0 Å². The highest BCUT2D eigenvalue weighted by molar-refractivity contribution is 5.74. The van der Waals surface area contributed by atoms with Crippen molar-refractivity contribution in [3.8, 4) is 5.75 Å². The average molecular weight is 316 g/mol. The minimum atomic E-state index is 0.114. The third kappa shape index (κ3) is 4.40. The number of aryl methyl sites for hydroxylation is 1. The first-order chi connectivity index (χ1) is 11.2. The third-order valence-corrected chi connectivity index (χ3v) is 5.02. The molecule has 2 aliphatic rings. The molecule has 3 rings (SSSR count). The minimum absolute atomic E-state index is 0.114. The Hall–Kier alpha value is -1.71. The van der Waals surface area contributed by atoms with Crippen LogP contribution in [0.2, 0.25) is 0 Å². The molecule has 1 saturated carbocycles. The van der Waals surface area contributed by atoms with Gasteiger partial charge in [-0.1, -0.05) is 31.9 Å². The number of rotatable bonds is 4. The van der Waals surface area contributed by atoms with Crippen LogP contribution < -0.4 is 10.1 Å². The van der Waals surface area contributed by atoms with Crippen molar-refractivity contribution >= 4 is 6.03 Å². The summed E-state index contributed by atoms with van der Waals surface area (Å²) >= 11 is 0. The van der Waals surface area contributed by atoms with Crippen molar-refractivity contribution in [1.29, 1.82) is 0 Å². The number of carbonyl (C=O) groups is 1. The Morgan fingerprint density at radius 1 is 1.22 bits per heavy atom. The molecule has 1 N–H and O–H groups in total. The first kappa shape index (κ1) is 16.2. The van der Waals surface area contributed by atoms with Gasteiger partial charge in [0.1, 0.15) is 11.9 Å². The van der Waals surface area contributed by atoms with Crippen molar-refractivity contribution in [3.05, 3.63) is 29.8 Å². The van der Waals surface area contributed by atoms with E-state index in [1.54, 1.807) is 0 Å². The summed E-state index contributed by atoms with van der Waals surface area (Å²) in [5, 5.41) is 3.17. The van der Waals surface area contributed by atoms with E-state index in [4.69, 9.17) is 4.74 Å². The second-order valence-corrected chi connectivity index (χ2v) is 6.74. The van der Waals surface area contributed by atoms with Crippen LogP contribution in [-0.2, 0) is 6.42 Å². The Morgan fingerprint density at radius 2 is 1.96 bits per heavy atom. The summed E-state index contributed by atoms with van der Waals surface area (Å²) in [7, 11) is 0. The van der Waals surface area contributed by atoms with E-state index < -0.39 is 0 Å². The molecular weight excluding hydrogens is 288 g/mol. The second kappa shape index (κ2) is 7.71. The molecule has 4 nitrogen and oxygen atoms in total. The summed E-state index contributed by atoms with van der Waals surface area (Å²) in [4.78, 5) is 14.2. The molecule has 0 unspecified atom stereocenters. The van der Waals surface area contributed by atoms with E-state index >= 15 is 0 Å². The van der Waals surface area contributed by atoms with E-state index in [0.717, 1.165) is 50.9 Å². The number of piperidine rings is 1. The van der Waals surface area contributed by atoms with E-state index in [1.165, 1.54) is 18.4 Å². The van der Waals surface area contributed by atoms with Gasteiger partial charge >= 0.3 is 6.03 Å². The number of benzene rings is 1. The first-order valence-electron chi connectivity index (χ1n) is 9.05. The fraction of sp³-hybridized carbons (Fsp3) is 0.632. The Morgan fingerprint density at radius 3 is 2.65 bits per heavy atom. The van der Waals surface area contributed by atoms with Crippen molar-refractivity contribution in [2.75, 3.05) is 13.1 Å². The van der Waals surface area contributed by atoms with Gasteiger partial charge in [0, 0.05) is 32.0 Å². The van der Waals surface area contributed by atoms with Gasteiger partial charge in [-0.15, -0.1) is 0 Å². The summed E-state index contributed by atoms with van der Waals surface area (Å²) in [5.74, 6) is 0.957. The van der Waals surface area contributed by atoms with Crippen molar-refractivity contribution in [2.45, 2.75) is 64.0 Å². The number of urea groups is 1. The molecule has 1 aromatic carbocycles. The van der Waals surface area contributed by atoms with Crippen molar-refractivity contribution < 1.29 is 9.53 Å². The van der Waals surface area contributed by atoms with E-state index in [2.05, 4.69) is 30.4 Å². The largest absolute Gasteiger partial charge is 0.490 e. The van der Waals surface area contributed by atoms with Crippen molar-refractivity contribution in [1.82, 2.24) is 10.2 Å². The van der Waals surface area contributed by atoms with Gasteiger partial charge in [0.15, 0.2) is 0 Å². The summed E-state index contributed by atoms with van der Waals surface area (Å²) in [6.07, 6.45) is 7.84. The number of nitrogens with one attached hydrogen (secondary N) is 1. The Balaban J connectivity index is 1.45.